The largest absolute Gasteiger partial charge is 0.452 e. The summed E-state index contributed by atoms with van der Waals surface area (Å²) >= 11 is 3.39. The zero-order valence-corrected chi connectivity index (χ0v) is 10.8. The van der Waals surface area contributed by atoms with Gasteiger partial charge in [0, 0.05) is 4.47 Å². The highest BCUT2D eigenvalue weighted by Gasteiger charge is 2.09. The minimum Gasteiger partial charge on any atom is -0.452 e. The summed E-state index contributed by atoms with van der Waals surface area (Å²) in [6.45, 7) is 1.93. The van der Waals surface area contributed by atoms with Crippen molar-refractivity contribution in [2.45, 2.75) is 6.92 Å². The fourth-order valence-electron chi connectivity index (χ4n) is 1.43. The van der Waals surface area contributed by atoms with Gasteiger partial charge in [-0.2, -0.15) is 0 Å². The van der Waals surface area contributed by atoms with Crippen LogP contribution in [0, 0.1) is 12.7 Å². The maximum Gasteiger partial charge on any atom is 0.185 e. The minimum absolute atomic E-state index is 0.0641. The molecule has 88 valence electrons. The van der Waals surface area contributed by atoms with Gasteiger partial charge in [-0.1, -0.05) is 22.0 Å². The first-order chi connectivity index (χ1) is 8.08. The van der Waals surface area contributed by atoms with Crippen LogP contribution in [0.3, 0.4) is 0 Å². The summed E-state index contributed by atoms with van der Waals surface area (Å²) in [6.07, 6.45) is 0. The molecule has 0 aromatic heterocycles. The lowest BCUT2D eigenvalue weighted by atomic mass is 10.2. The molecule has 0 fully saturated rings. The Balaban J connectivity index is 2.35. The van der Waals surface area contributed by atoms with Crippen LogP contribution in [0.1, 0.15) is 5.56 Å². The smallest absolute Gasteiger partial charge is 0.185 e. The third kappa shape index (κ3) is 2.58. The fraction of sp³-hybridized carbons (Fsp3) is 0.0769. The van der Waals surface area contributed by atoms with E-state index in [1.807, 2.05) is 19.1 Å². The number of rotatable bonds is 2. The summed E-state index contributed by atoms with van der Waals surface area (Å²) < 4.78 is 19.9. The summed E-state index contributed by atoms with van der Waals surface area (Å²) in [5.74, 6) is 0.155. The van der Waals surface area contributed by atoms with E-state index >= 15 is 0 Å². The van der Waals surface area contributed by atoms with Crippen LogP contribution in [-0.2, 0) is 0 Å². The third-order valence-corrected chi connectivity index (χ3v) is 3.24. The molecule has 0 saturated heterocycles. The van der Waals surface area contributed by atoms with Gasteiger partial charge < -0.3 is 10.5 Å². The number of ether oxygens (including phenoxy) is 1. The van der Waals surface area contributed by atoms with Crippen molar-refractivity contribution in [1.82, 2.24) is 0 Å². The molecule has 0 atom stereocenters. The Labute approximate surface area is 107 Å². The second-order valence-electron chi connectivity index (χ2n) is 3.67. The molecular weight excluding hydrogens is 285 g/mol. The lowest BCUT2D eigenvalue weighted by Gasteiger charge is -2.10. The molecule has 0 bridgehead atoms. The van der Waals surface area contributed by atoms with Crippen molar-refractivity contribution in [3.05, 3.63) is 52.3 Å². The number of nitrogen functional groups attached to an aromatic ring is 1. The molecular formula is C13H11BrFNO. The van der Waals surface area contributed by atoms with Gasteiger partial charge in [0.1, 0.15) is 5.75 Å². The fourth-order valence-corrected chi connectivity index (χ4v) is 1.68. The molecule has 2 aromatic carbocycles. The Bertz CT molecular complexity index is 537. The van der Waals surface area contributed by atoms with Gasteiger partial charge in [-0.25, -0.2) is 4.39 Å². The maximum atomic E-state index is 13.5. The lowest BCUT2D eigenvalue weighted by molar-refractivity contribution is 0.444. The number of benzene rings is 2. The number of anilines is 1. The van der Waals surface area contributed by atoms with E-state index in [1.54, 1.807) is 18.2 Å². The number of aryl methyl sites for hydroxylation is 1. The Hall–Kier alpha value is -1.55. The van der Waals surface area contributed by atoms with E-state index in [1.165, 1.54) is 6.07 Å². The first-order valence-electron chi connectivity index (χ1n) is 5.06. The summed E-state index contributed by atoms with van der Waals surface area (Å²) in [6, 6.07) is 9.88. The third-order valence-electron chi connectivity index (χ3n) is 2.35. The number of hydrogen-bond donors (Lipinski definition) is 1. The van der Waals surface area contributed by atoms with Gasteiger partial charge in [0.2, 0.25) is 0 Å². The predicted molar refractivity (Wildman–Crippen MR) is 69.8 cm³/mol. The molecule has 4 heteroatoms. The average molecular weight is 296 g/mol. The first kappa shape index (κ1) is 11.9. The molecule has 0 aliphatic rings. The second kappa shape index (κ2) is 4.75. The first-order valence-corrected chi connectivity index (χ1v) is 5.85. The Morgan fingerprint density at radius 3 is 2.65 bits per heavy atom. The van der Waals surface area contributed by atoms with Crippen LogP contribution in [0.5, 0.6) is 11.5 Å². The molecule has 2 rings (SSSR count). The lowest BCUT2D eigenvalue weighted by Crippen LogP contribution is -1.95. The average Bonchev–Trinajstić information content (AvgIpc) is 2.28. The van der Waals surface area contributed by atoms with Gasteiger partial charge in [0.25, 0.3) is 0 Å². The second-order valence-corrected chi connectivity index (χ2v) is 4.53. The number of nitrogens with two attached hydrogens (primary N) is 1. The molecule has 0 unspecified atom stereocenters. The van der Waals surface area contributed by atoms with Crippen molar-refractivity contribution in [3.8, 4) is 11.5 Å². The number of hydrogen-bond acceptors (Lipinski definition) is 2. The van der Waals surface area contributed by atoms with E-state index in [0.717, 1.165) is 10.0 Å². The molecule has 0 amide bonds. The van der Waals surface area contributed by atoms with Crippen LogP contribution >= 0.6 is 15.9 Å². The van der Waals surface area contributed by atoms with E-state index in [4.69, 9.17) is 10.5 Å². The van der Waals surface area contributed by atoms with E-state index in [2.05, 4.69) is 15.9 Å². The molecule has 2 nitrogen and oxygen atoms in total. The topological polar surface area (TPSA) is 35.2 Å². The molecule has 0 aliphatic carbocycles. The van der Waals surface area contributed by atoms with Crippen LogP contribution in [-0.4, -0.2) is 0 Å². The zero-order valence-electron chi connectivity index (χ0n) is 9.21. The highest BCUT2D eigenvalue weighted by atomic mass is 79.9. The van der Waals surface area contributed by atoms with E-state index in [-0.39, 0.29) is 11.4 Å². The van der Waals surface area contributed by atoms with Gasteiger partial charge in [-0.05, 0) is 42.8 Å². The zero-order chi connectivity index (χ0) is 12.4. The van der Waals surface area contributed by atoms with Crippen LogP contribution < -0.4 is 10.5 Å². The quantitative estimate of drug-likeness (QED) is 0.840. The summed E-state index contributed by atoms with van der Waals surface area (Å²) in [5, 5.41) is 0. The molecule has 0 spiro atoms. The summed E-state index contributed by atoms with van der Waals surface area (Å²) in [5.41, 5.74) is 6.96. The molecule has 0 aliphatic heterocycles. The molecule has 17 heavy (non-hydrogen) atoms. The van der Waals surface area contributed by atoms with Crippen molar-refractivity contribution >= 4 is 21.6 Å². The van der Waals surface area contributed by atoms with Crippen molar-refractivity contribution in [3.63, 3.8) is 0 Å². The standard InChI is InChI=1S/C13H11BrFNO/c1-8-7-9(5-6-10(8)14)17-13-11(15)3-2-4-12(13)16/h2-7H,16H2,1H3. The Kier molecular flexibility index (Phi) is 3.33. The van der Waals surface area contributed by atoms with Crippen LogP contribution in [0.15, 0.2) is 40.9 Å². The van der Waals surface area contributed by atoms with Gasteiger partial charge in [0.15, 0.2) is 11.6 Å². The highest BCUT2D eigenvalue weighted by molar-refractivity contribution is 9.10. The van der Waals surface area contributed by atoms with Crippen LogP contribution in [0.25, 0.3) is 0 Å². The normalized spacial score (nSPS) is 10.3. The summed E-state index contributed by atoms with van der Waals surface area (Å²) in [7, 11) is 0. The van der Waals surface area contributed by atoms with Gasteiger partial charge in [0.05, 0.1) is 5.69 Å². The van der Waals surface area contributed by atoms with E-state index < -0.39 is 5.82 Å². The molecule has 2 N–H and O–H groups in total. The number of halogens is 2. The van der Waals surface area contributed by atoms with Crippen molar-refractivity contribution in [2.75, 3.05) is 5.73 Å². The van der Waals surface area contributed by atoms with Crippen LogP contribution in [0.2, 0.25) is 0 Å². The van der Waals surface area contributed by atoms with Crippen molar-refractivity contribution < 1.29 is 9.13 Å². The van der Waals surface area contributed by atoms with E-state index in [9.17, 15) is 4.39 Å². The summed E-state index contributed by atoms with van der Waals surface area (Å²) in [4.78, 5) is 0. The van der Waals surface area contributed by atoms with E-state index in [0.29, 0.717) is 5.75 Å². The molecule has 0 radical (unpaired) electrons. The van der Waals surface area contributed by atoms with Crippen molar-refractivity contribution in [1.29, 1.82) is 0 Å². The predicted octanol–water partition coefficient (Wildman–Crippen LogP) is 4.27. The SMILES string of the molecule is Cc1cc(Oc2c(N)cccc2F)ccc1Br. The van der Waals surface area contributed by atoms with Gasteiger partial charge in [-0.3, -0.25) is 0 Å². The highest BCUT2D eigenvalue weighted by Crippen LogP contribution is 2.31. The van der Waals surface area contributed by atoms with Crippen LogP contribution in [0.4, 0.5) is 10.1 Å². The molecule has 2 aromatic rings. The van der Waals surface area contributed by atoms with Gasteiger partial charge >= 0.3 is 0 Å². The van der Waals surface area contributed by atoms with Gasteiger partial charge in [-0.15, -0.1) is 0 Å². The van der Waals surface area contributed by atoms with Crippen molar-refractivity contribution in [2.24, 2.45) is 0 Å². The number of para-hydroxylation sites is 1. The maximum absolute atomic E-state index is 13.5. The monoisotopic (exact) mass is 295 g/mol. The minimum atomic E-state index is -0.467. The molecule has 0 saturated carbocycles. The Morgan fingerprint density at radius 1 is 1.24 bits per heavy atom. The molecule has 0 heterocycles. The Morgan fingerprint density at radius 2 is 2.00 bits per heavy atom.